The van der Waals surface area contributed by atoms with E-state index in [2.05, 4.69) is 11.9 Å². The van der Waals surface area contributed by atoms with Crippen molar-refractivity contribution in [2.24, 2.45) is 4.99 Å². The lowest BCUT2D eigenvalue weighted by Gasteiger charge is -2.12. The zero-order valence-electron chi connectivity index (χ0n) is 20.0. The lowest BCUT2D eigenvalue weighted by molar-refractivity contribution is -0.129. The van der Waals surface area contributed by atoms with E-state index in [0.717, 1.165) is 29.7 Å². The summed E-state index contributed by atoms with van der Waals surface area (Å²) in [6.45, 7) is 5.64. The van der Waals surface area contributed by atoms with E-state index >= 15 is 0 Å². The Kier molecular flexibility index (Phi) is 8.17. The lowest BCUT2D eigenvalue weighted by atomic mass is 10.1. The van der Waals surface area contributed by atoms with Gasteiger partial charge in [0.05, 0.1) is 13.2 Å². The molecule has 0 aromatic heterocycles. The van der Waals surface area contributed by atoms with Crippen LogP contribution in [0.1, 0.15) is 43.4 Å². The topological polar surface area (TPSA) is 66.3 Å². The average molecular weight is 472 g/mol. The second-order valence-electron chi connectivity index (χ2n) is 7.98. The molecule has 0 radical (unpaired) electrons. The molecule has 0 unspecified atom stereocenters. The standard InChI is InChI=1S/C29H29NO5/c1-3-5-17-33-24-14-12-23(13-15-24)28-30-25(29(31)35-28)18-22-11-16-26(27(19-22)32-4-2)34-20-21-9-7-6-8-10-21/h6-16,18-19H,3-5,17,20H2,1-2H3/b25-18-. The molecule has 1 aliphatic rings. The smallest absolute Gasteiger partial charge is 0.363 e. The number of hydrogen-bond acceptors (Lipinski definition) is 6. The predicted molar refractivity (Wildman–Crippen MR) is 136 cm³/mol. The molecular formula is C29H29NO5. The molecule has 3 aromatic rings. The molecule has 0 bridgehead atoms. The SMILES string of the molecule is CCCCOc1ccc(C2=N/C(=C\c3ccc(OCc4ccccc4)c(OCC)c3)C(=O)O2)cc1. The minimum Gasteiger partial charge on any atom is -0.494 e. The molecule has 3 aromatic carbocycles. The van der Waals surface area contributed by atoms with Gasteiger partial charge in [-0.15, -0.1) is 0 Å². The van der Waals surface area contributed by atoms with Gasteiger partial charge in [-0.3, -0.25) is 0 Å². The molecule has 0 N–H and O–H groups in total. The molecule has 6 nitrogen and oxygen atoms in total. The monoisotopic (exact) mass is 471 g/mol. The fourth-order valence-electron chi connectivity index (χ4n) is 3.46. The van der Waals surface area contributed by atoms with Gasteiger partial charge in [0, 0.05) is 5.56 Å². The third kappa shape index (κ3) is 6.51. The molecule has 0 amide bonds. The Bertz CT molecular complexity index is 1200. The lowest BCUT2D eigenvalue weighted by Crippen LogP contribution is -2.05. The molecule has 0 fully saturated rings. The van der Waals surface area contributed by atoms with Crippen molar-refractivity contribution in [3.05, 3.63) is 95.2 Å². The van der Waals surface area contributed by atoms with E-state index < -0.39 is 5.97 Å². The van der Waals surface area contributed by atoms with E-state index in [1.807, 2.05) is 79.7 Å². The van der Waals surface area contributed by atoms with Crippen LogP contribution in [0, 0.1) is 0 Å². The highest BCUT2D eigenvalue weighted by Gasteiger charge is 2.24. The third-order valence-corrected chi connectivity index (χ3v) is 5.30. The number of rotatable bonds is 11. The van der Waals surface area contributed by atoms with Gasteiger partial charge in [0.25, 0.3) is 0 Å². The maximum absolute atomic E-state index is 12.5. The molecule has 180 valence electrons. The number of ether oxygens (including phenoxy) is 4. The molecule has 0 aliphatic carbocycles. The summed E-state index contributed by atoms with van der Waals surface area (Å²) in [6.07, 6.45) is 3.77. The molecule has 0 spiro atoms. The highest BCUT2D eigenvalue weighted by Crippen LogP contribution is 2.31. The second-order valence-corrected chi connectivity index (χ2v) is 7.98. The largest absolute Gasteiger partial charge is 0.494 e. The highest BCUT2D eigenvalue weighted by atomic mass is 16.6. The molecule has 4 rings (SSSR count). The van der Waals surface area contributed by atoms with Crippen LogP contribution in [0.25, 0.3) is 6.08 Å². The van der Waals surface area contributed by atoms with Gasteiger partial charge in [-0.2, -0.15) is 0 Å². The zero-order valence-corrected chi connectivity index (χ0v) is 20.0. The van der Waals surface area contributed by atoms with Gasteiger partial charge in [0.15, 0.2) is 17.2 Å². The van der Waals surface area contributed by atoms with Crippen LogP contribution < -0.4 is 14.2 Å². The number of esters is 1. The normalized spacial score (nSPS) is 13.9. The quantitative estimate of drug-likeness (QED) is 0.190. The Hall–Kier alpha value is -4.06. The minimum atomic E-state index is -0.495. The summed E-state index contributed by atoms with van der Waals surface area (Å²) in [6, 6.07) is 22.8. The number of carbonyl (C=O) groups excluding carboxylic acids is 1. The minimum absolute atomic E-state index is 0.226. The first-order valence-corrected chi connectivity index (χ1v) is 11.9. The number of aliphatic imine (C=N–C) groups is 1. The molecule has 6 heteroatoms. The summed E-state index contributed by atoms with van der Waals surface area (Å²) in [5, 5.41) is 0. The highest BCUT2D eigenvalue weighted by molar-refractivity contribution is 6.12. The van der Waals surface area contributed by atoms with Crippen molar-refractivity contribution in [1.29, 1.82) is 0 Å². The van der Waals surface area contributed by atoms with Crippen LogP contribution in [-0.4, -0.2) is 25.1 Å². The van der Waals surface area contributed by atoms with E-state index in [-0.39, 0.29) is 11.6 Å². The number of cyclic esters (lactones) is 1. The van der Waals surface area contributed by atoms with Crippen LogP contribution in [0.5, 0.6) is 17.2 Å². The van der Waals surface area contributed by atoms with Crippen LogP contribution in [0.2, 0.25) is 0 Å². The number of unbranched alkanes of at least 4 members (excludes halogenated alkanes) is 1. The van der Waals surface area contributed by atoms with Crippen molar-refractivity contribution >= 4 is 17.9 Å². The summed E-state index contributed by atoms with van der Waals surface area (Å²) in [5.74, 6) is 1.80. The number of benzene rings is 3. The number of carbonyl (C=O) groups is 1. The van der Waals surface area contributed by atoms with Crippen LogP contribution in [0.4, 0.5) is 0 Å². The van der Waals surface area contributed by atoms with E-state index in [0.29, 0.717) is 36.9 Å². The third-order valence-electron chi connectivity index (χ3n) is 5.30. The van der Waals surface area contributed by atoms with Crippen molar-refractivity contribution in [3.63, 3.8) is 0 Å². The summed E-state index contributed by atoms with van der Waals surface area (Å²) in [5.41, 5.74) is 2.77. The summed E-state index contributed by atoms with van der Waals surface area (Å²) in [7, 11) is 0. The fraction of sp³-hybridized carbons (Fsp3) is 0.241. The zero-order chi connectivity index (χ0) is 24.5. The fourth-order valence-corrected chi connectivity index (χ4v) is 3.46. The molecular weight excluding hydrogens is 442 g/mol. The maximum Gasteiger partial charge on any atom is 0.363 e. The van der Waals surface area contributed by atoms with E-state index in [4.69, 9.17) is 18.9 Å². The molecule has 0 atom stereocenters. The average Bonchev–Trinajstić information content (AvgIpc) is 3.25. The van der Waals surface area contributed by atoms with Gasteiger partial charge < -0.3 is 18.9 Å². The first kappa shape index (κ1) is 24.1. The van der Waals surface area contributed by atoms with Gasteiger partial charge in [-0.05, 0) is 66.9 Å². The maximum atomic E-state index is 12.5. The summed E-state index contributed by atoms with van der Waals surface area (Å²) >= 11 is 0. The van der Waals surface area contributed by atoms with Gasteiger partial charge in [0.1, 0.15) is 12.4 Å². The molecule has 1 aliphatic heterocycles. The van der Waals surface area contributed by atoms with E-state index in [1.165, 1.54) is 0 Å². The molecule has 1 heterocycles. The Balaban J connectivity index is 1.48. The Labute approximate surface area is 205 Å². The van der Waals surface area contributed by atoms with Crippen molar-refractivity contribution in [2.75, 3.05) is 13.2 Å². The van der Waals surface area contributed by atoms with Crippen molar-refractivity contribution in [3.8, 4) is 17.2 Å². The van der Waals surface area contributed by atoms with Crippen molar-refractivity contribution in [1.82, 2.24) is 0 Å². The molecule has 0 saturated carbocycles. The van der Waals surface area contributed by atoms with Crippen LogP contribution in [-0.2, 0) is 16.1 Å². The van der Waals surface area contributed by atoms with Gasteiger partial charge in [-0.1, -0.05) is 49.7 Å². The molecule has 0 saturated heterocycles. The van der Waals surface area contributed by atoms with Gasteiger partial charge >= 0.3 is 5.97 Å². The van der Waals surface area contributed by atoms with Crippen LogP contribution in [0.15, 0.2) is 83.5 Å². The van der Waals surface area contributed by atoms with Gasteiger partial charge in [-0.25, -0.2) is 9.79 Å². The van der Waals surface area contributed by atoms with Crippen LogP contribution >= 0.6 is 0 Å². The molecule has 35 heavy (non-hydrogen) atoms. The van der Waals surface area contributed by atoms with E-state index in [1.54, 1.807) is 6.08 Å². The summed E-state index contributed by atoms with van der Waals surface area (Å²) in [4.78, 5) is 16.9. The first-order valence-electron chi connectivity index (χ1n) is 11.9. The Morgan fingerprint density at radius 2 is 1.69 bits per heavy atom. The first-order chi connectivity index (χ1) is 17.2. The second kappa shape index (κ2) is 11.9. The number of nitrogens with zero attached hydrogens (tertiary/aromatic N) is 1. The van der Waals surface area contributed by atoms with E-state index in [9.17, 15) is 4.79 Å². The number of hydrogen-bond donors (Lipinski definition) is 0. The summed E-state index contributed by atoms with van der Waals surface area (Å²) < 4.78 is 22.8. The van der Waals surface area contributed by atoms with Crippen LogP contribution in [0.3, 0.4) is 0 Å². The van der Waals surface area contributed by atoms with Crippen molar-refractivity contribution < 1.29 is 23.7 Å². The van der Waals surface area contributed by atoms with Gasteiger partial charge in [0.2, 0.25) is 5.90 Å². The Morgan fingerprint density at radius 1 is 0.886 bits per heavy atom. The predicted octanol–water partition coefficient (Wildman–Crippen LogP) is 6.19. The Morgan fingerprint density at radius 3 is 2.43 bits per heavy atom. The van der Waals surface area contributed by atoms with Crippen molar-refractivity contribution in [2.45, 2.75) is 33.3 Å².